The van der Waals surface area contributed by atoms with Crippen LogP contribution >= 0.6 is 11.3 Å². The SMILES string of the molecule is CC(C)C(=O)Nc1cccc(NCc2cncs2)c1. The van der Waals surface area contributed by atoms with E-state index in [1.165, 1.54) is 4.88 Å². The Morgan fingerprint density at radius 2 is 2.16 bits per heavy atom. The molecule has 19 heavy (non-hydrogen) atoms. The highest BCUT2D eigenvalue weighted by Gasteiger charge is 2.07. The van der Waals surface area contributed by atoms with Gasteiger partial charge >= 0.3 is 0 Å². The minimum absolute atomic E-state index is 0.0196. The van der Waals surface area contributed by atoms with Gasteiger partial charge in [0.15, 0.2) is 0 Å². The third kappa shape index (κ3) is 4.06. The molecule has 0 bridgehead atoms. The van der Waals surface area contributed by atoms with E-state index in [-0.39, 0.29) is 11.8 Å². The average Bonchev–Trinajstić information content (AvgIpc) is 2.90. The van der Waals surface area contributed by atoms with Crippen LogP contribution in [0, 0.1) is 5.92 Å². The maximum absolute atomic E-state index is 11.6. The van der Waals surface area contributed by atoms with Gasteiger partial charge in [0, 0.05) is 28.4 Å². The molecule has 1 aromatic heterocycles. The Labute approximate surface area is 116 Å². The molecule has 2 N–H and O–H groups in total. The molecule has 2 aromatic rings. The van der Waals surface area contributed by atoms with Crippen LogP contribution in [-0.2, 0) is 11.3 Å². The van der Waals surface area contributed by atoms with Gasteiger partial charge in [-0.25, -0.2) is 0 Å². The first-order valence-corrected chi connectivity index (χ1v) is 7.05. The summed E-state index contributed by atoms with van der Waals surface area (Å²) in [6, 6.07) is 7.72. The predicted molar refractivity (Wildman–Crippen MR) is 79.4 cm³/mol. The highest BCUT2D eigenvalue weighted by atomic mass is 32.1. The Morgan fingerprint density at radius 1 is 1.37 bits per heavy atom. The number of aromatic nitrogens is 1. The summed E-state index contributed by atoms with van der Waals surface area (Å²) in [7, 11) is 0. The normalized spacial score (nSPS) is 10.5. The summed E-state index contributed by atoms with van der Waals surface area (Å²) in [6.07, 6.45) is 1.85. The molecule has 0 spiro atoms. The second-order valence-electron chi connectivity index (χ2n) is 4.55. The molecule has 0 saturated heterocycles. The van der Waals surface area contributed by atoms with E-state index in [2.05, 4.69) is 15.6 Å². The topological polar surface area (TPSA) is 54.0 Å². The number of hydrogen-bond acceptors (Lipinski definition) is 4. The van der Waals surface area contributed by atoms with Crippen molar-refractivity contribution in [2.45, 2.75) is 20.4 Å². The van der Waals surface area contributed by atoms with E-state index in [0.717, 1.165) is 17.9 Å². The van der Waals surface area contributed by atoms with Crippen LogP contribution < -0.4 is 10.6 Å². The summed E-state index contributed by atoms with van der Waals surface area (Å²) in [5.41, 5.74) is 3.61. The molecule has 0 unspecified atom stereocenters. The Kier molecular flexibility index (Phi) is 4.52. The van der Waals surface area contributed by atoms with Crippen LogP contribution in [0.5, 0.6) is 0 Å². The third-order valence-electron chi connectivity index (χ3n) is 2.60. The summed E-state index contributed by atoms with van der Waals surface area (Å²) in [5.74, 6) is 0.00779. The smallest absolute Gasteiger partial charge is 0.226 e. The number of rotatable bonds is 5. The largest absolute Gasteiger partial charge is 0.380 e. The molecule has 0 saturated carbocycles. The summed E-state index contributed by atoms with van der Waals surface area (Å²) < 4.78 is 0. The van der Waals surface area contributed by atoms with Crippen molar-refractivity contribution in [2.75, 3.05) is 10.6 Å². The maximum atomic E-state index is 11.6. The Bertz CT molecular complexity index is 537. The van der Waals surface area contributed by atoms with Gasteiger partial charge in [0.1, 0.15) is 0 Å². The molecule has 1 heterocycles. The van der Waals surface area contributed by atoms with Crippen molar-refractivity contribution in [3.8, 4) is 0 Å². The summed E-state index contributed by atoms with van der Waals surface area (Å²) in [5, 5.41) is 6.20. The van der Waals surface area contributed by atoms with Gasteiger partial charge in [0.05, 0.1) is 12.1 Å². The van der Waals surface area contributed by atoms with Crippen molar-refractivity contribution in [1.82, 2.24) is 4.98 Å². The van der Waals surface area contributed by atoms with Crippen molar-refractivity contribution in [2.24, 2.45) is 5.92 Å². The van der Waals surface area contributed by atoms with Gasteiger partial charge in [-0.05, 0) is 18.2 Å². The number of amides is 1. The van der Waals surface area contributed by atoms with Gasteiger partial charge in [0.2, 0.25) is 5.91 Å². The first-order valence-electron chi connectivity index (χ1n) is 6.17. The standard InChI is InChI=1S/C14H17N3OS/c1-10(2)14(18)17-12-5-3-4-11(6-12)16-8-13-7-15-9-19-13/h3-7,9-10,16H,8H2,1-2H3,(H,17,18). The third-order valence-corrected chi connectivity index (χ3v) is 3.38. The van der Waals surface area contributed by atoms with Gasteiger partial charge in [-0.3, -0.25) is 9.78 Å². The molecule has 2 rings (SSSR count). The van der Waals surface area contributed by atoms with Crippen LogP contribution in [0.4, 0.5) is 11.4 Å². The van der Waals surface area contributed by atoms with Gasteiger partial charge in [0.25, 0.3) is 0 Å². The number of hydrogen-bond donors (Lipinski definition) is 2. The lowest BCUT2D eigenvalue weighted by Crippen LogP contribution is -2.17. The molecule has 4 nitrogen and oxygen atoms in total. The van der Waals surface area contributed by atoms with E-state index in [0.29, 0.717) is 0 Å². The number of carbonyl (C=O) groups is 1. The Morgan fingerprint density at radius 3 is 2.84 bits per heavy atom. The molecule has 0 fully saturated rings. The molecular weight excluding hydrogens is 258 g/mol. The van der Waals surface area contributed by atoms with Gasteiger partial charge in [-0.1, -0.05) is 19.9 Å². The summed E-state index contributed by atoms with van der Waals surface area (Å²) in [6.45, 7) is 4.49. The van der Waals surface area contributed by atoms with Crippen molar-refractivity contribution in [1.29, 1.82) is 0 Å². The summed E-state index contributed by atoms with van der Waals surface area (Å²) >= 11 is 1.62. The Hall–Kier alpha value is -1.88. The average molecular weight is 275 g/mol. The molecule has 0 atom stereocenters. The van der Waals surface area contributed by atoms with E-state index < -0.39 is 0 Å². The van der Waals surface area contributed by atoms with Crippen molar-refractivity contribution in [3.05, 3.63) is 40.8 Å². The van der Waals surface area contributed by atoms with E-state index in [1.54, 1.807) is 11.3 Å². The number of nitrogens with one attached hydrogen (secondary N) is 2. The van der Waals surface area contributed by atoms with Crippen LogP contribution in [0.3, 0.4) is 0 Å². The second-order valence-corrected chi connectivity index (χ2v) is 5.52. The van der Waals surface area contributed by atoms with Crippen LogP contribution in [0.2, 0.25) is 0 Å². The first kappa shape index (κ1) is 13.5. The fourth-order valence-electron chi connectivity index (χ4n) is 1.51. The molecule has 100 valence electrons. The van der Waals surface area contributed by atoms with Crippen LogP contribution in [0.25, 0.3) is 0 Å². The van der Waals surface area contributed by atoms with Gasteiger partial charge in [-0.2, -0.15) is 0 Å². The monoisotopic (exact) mass is 275 g/mol. The fraction of sp³-hybridized carbons (Fsp3) is 0.286. The highest BCUT2D eigenvalue weighted by molar-refractivity contribution is 7.09. The van der Waals surface area contributed by atoms with Crippen molar-refractivity contribution < 1.29 is 4.79 Å². The van der Waals surface area contributed by atoms with E-state index in [1.807, 2.05) is 49.8 Å². The molecule has 0 radical (unpaired) electrons. The van der Waals surface area contributed by atoms with E-state index in [9.17, 15) is 4.79 Å². The Balaban J connectivity index is 1.97. The zero-order valence-corrected chi connectivity index (χ0v) is 11.8. The number of thiazole rings is 1. The number of anilines is 2. The molecule has 0 aliphatic carbocycles. The minimum Gasteiger partial charge on any atom is -0.380 e. The fourth-order valence-corrected chi connectivity index (χ4v) is 2.05. The minimum atomic E-state index is -0.0196. The van der Waals surface area contributed by atoms with E-state index in [4.69, 9.17) is 0 Å². The second kappa shape index (κ2) is 6.33. The lowest BCUT2D eigenvalue weighted by atomic mass is 10.2. The quantitative estimate of drug-likeness (QED) is 0.880. The number of benzene rings is 1. The molecular formula is C14H17N3OS. The number of carbonyl (C=O) groups excluding carboxylic acids is 1. The van der Waals surface area contributed by atoms with Crippen molar-refractivity contribution >= 4 is 28.6 Å². The lowest BCUT2D eigenvalue weighted by molar-refractivity contribution is -0.118. The van der Waals surface area contributed by atoms with Crippen LogP contribution in [-0.4, -0.2) is 10.9 Å². The van der Waals surface area contributed by atoms with E-state index >= 15 is 0 Å². The first-order chi connectivity index (χ1) is 9.15. The zero-order chi connectivity index (χ0) is 13.7. The summed E-state index contributed by atoms with van der Waals surface area (Å²) in [4.78, 5) is 16.8. The van der Waals surface area contributed by atoms with Gasteiger partial charge in [-0.15, -0.1) is 11.3 Å². The lowest BCUT2D eigenvalue weighted by Gasteiger charge is -2.10. The molecule has 0 aliphatic heterocycles. The van der Waals surface area contributed by atoms with Crippen molar-refractivity contribution in [3.63, 3.8) is 0 Å². The van der Waals surface area contributed by atoms with Crippen LogP contribution in [0.1, 0.15) is 18.7 Å². The number of nitrogens with zero attached hydrogens (tertiary/aromatic N) is 1. The molecule has 1 aromatic carbocycles. The van der Waals surface area contributed by atoms with Crippen LogP contribution in [0.15, 0.2) is 36.0 Å². The maximum Gasteiger partial charge on any atom is 0.226 e. The zero-order valence-electron chi connectivity index (χ0n) is 11.0. The molecule has 1 amide bonds. The van der Waals surface area contributed by atoms with Gasteiger partial charge < -0.3 is 10.6 Å². The molecule has 0 aliphatic rings. The molecule has 5 heteroatoms. The predicted octanol–water partition coefficient (Wildman–Crippen LogP) is 3.35. The highest BCUT2D eigenvalue weighted by Crippen LogP contribution is 2.17.